The van der Waals surface area contributed by atoms with Crippen LogP contribution in [0, 0.1) is 13.8 Å². The van der Waals surface area contributed by atoms with Crippen molar-refractivity contribution in [1.29, 1.82) is 0 Å². The van der Waals surface area contributed by atoms with Gasteiger partial charge in [0.05, 0.1) is 5.69 Å². The molecule has 0 fully saturated rings. The number of hydrogen-bond donors (Lipinski definition) is 1. The van der Waals surface area contributed by atoms with Crippen molar-refractivity contribution in [2.24, 2.45) is 0 Å². The van der Waals surface area contributed by atoms with Gasteiger partial charge in [-0.05, 0) is 25.5 Å². The lowest BCUT2D eigenvalue weighted by Crippen LogP contribution is -2.13. The Labute approximate surface area is 99.6 Å². The minimum Gasteiger partial charge on any atom is -0.305 e. The number of hydrogen-bond acceptors (Lipinski definition) is 4. The first-order chi connectivity index (χ1) is 7.74. The van der Waals surface area contributed by atoms with Gasteiger partial charge in [-0.25, -0.2) is 4.98 Å². The van der Waals surface area contributed by atoms with E-state index in [0.717, 1.165) is 29.5 Å². The van der Waals surface area contributed by atoms with Gasteiger partial charge in [0.1, 0.15) is 5.01 Å². The highest BCUT2D eigenvalue weighted by Crippen LogP contribution is 2.08. The molecule has 84 valence electrons. The van der Waals surface area contributed by atoms with Crippen LogP contribution in [0.4, 0.5) is 0 Å². The largest absolute Gasteiger partial charge is 0.305 e. The molecule has 0 atom stereocenters. The van der Waals surface area contributed by atoms with Crippen molar-refractivity contribution in [1.82, 2.24) is 15.3 Å². The van der Waals surface area contributed by atoms with Gasteiger partial charge in [-0.2, -0.15) is 0 Å². The van der Waals surface area contributed by atoms with E-state index in [9.17, 15) is 0 Å². The molecule has 4 heteroatoms. The number of nitrogens with zero attached hydrogens (tertiary/aromatic N) is 2. The summed E-state index contributed by atoms with van der Waals surface area (Å²) in [5, 5.41) is 6.54. The second kappa shape index (κ2) is 5.18. The molecule has 0 unspecified atom stereocenters. The molecule has 0 saturated heterocycles. The van der Waals surface area contributed by atoms with Gasteiger partial charge in [0.2, 0.25) is 0 Å². The third-order valence-electron chi connectivity index (χ3n) is 2.22. The maximum absolute atomic E-state index is 4.39. The Morgan fingerprint density at radius 2 is 2.12 bits per heavy atom. The third kappa shape index (κ3) is 3.12. The first kappa shape index (κ1) is 11.2. The van der Waals surface area contributed by atoms with Gasteiger partial charge in [0.25, 0.3) is 0 Å². The highest BCUT2D eigenvalue weighted by atomic mass is 32.1. The topological polar surface area (TPSA) is 37.8 Å². The van der Waals surface area contributed by atoms with E-state index in [2.05, 4.69) is 32.8 Å². The fourth-order valence-corrected chi connectivity index (χ4v) is 2.13. The van der Waals surface area contributed by atoms with E-state index >= 15 is 0 Å². The Kier molecular flexibility index (Phi) is 3.64. The lowest BCUT2D eigenvalue weighted by Gasteiger charge is -2.02. The summed E-state index contributed by atoms with van der Waals surface area (Å²) in [6.07, 6.45) is 1.89. The molecule has 1 N–H and O–H groups in total. The second-order valence-electron chi connectivity index (χ2n) is 3.81. The Balaban J connectivity index is 1.82. The van der Waals surface area contributed by atoms with Crippen molar-refractivity contribution in [3.63, 3.8) is 0 Å². The van der Waals surface area contributed by atoms with E-state index in [1.165, 1.54) is 5.56 Å². The highest BCUT2D eigenvalue weighted by molar-refractivity contribution is 7.09. The average Bonchev–Trinajstić information content (AvgIpc) is 2.67. The van der Waals surface area contributed by atoms with Crippen LogP contribution in [0.3, 0.4) is 0 Å². The van der Waals surface area contributed by atoms with Crippen molar-refractivity contribution in [3.05, 3.63) is 45.7 Å². The minimum absolute atomic E-state index is 0.791. The van der Waals surface area contributed by atoms with Crippen LogP contribution in [0.5, 0.6) is 0 Å². The molecule has 0 aliphatic carbocycles. The molecule has 0 aliphatic heterocycles. The smallest absolute Gasteiger partial charge is 0.107 e. The van der Waals surface area contributed by atoms with Gasteiger partial charge >= 0.3 is 0 Å². The number of pyridine rings is 1. The number of rotatable bonds is 4. The zero-order chi connectivity index (χ0) is 11.4. The molecule has 3 nitrogen and oxygen atoms in total. The van der Waals surface area contributed by atoms with Crippen LogP contribution in [0.15, 0.2) is 23.7 Å². The Morgan fingerprint density at radius 3 is 2.75 bits per heavy atom. The van der Waals surface area contributed by atoms with Crippen molar-refractivity contribution in [2.45, 2.75) is 26.9 Å². The van der Waals surface area contributed by atoms with Crippen LogP contribution in [-0.4, -0.2) is 9.97 Å². The molecule has 0 radical (unpaired) electrons. The van der Waals surface area contributed by atoms with Crippen LogP contribution < -0.4 is 5.32 Å². The molecular weight excluding hydrogens is 218 g/mol. The van der Waals surface area contributed by atoms with Crippen molar-refractivity contribution in [3.8, 4) is 0 Å². The summed E-state index contributed by atoms with van der Waals surface area (Å²) in [5.74, 6) is 0. The van der Waals surface area contributed by atoms with E-state index < -0.39 is 0 Å². The summed E-state index contributed by atoms with van der Waals surface area (Å²) in [5.41, 5.74) is 3.36. The molecule has 0 saturated carbocycles. The minimum atomic E-state index is 0.791. The number of nitrogens with one attached hydrogen (secondary N) is 1. The Hall–Kier alpha value is -1.26. The summed E-state index contributed by atoms with van der Waals surface area (Å²) in [6.45, 7) is 5.66. The molecule has 0 bridgehead atoms. The first-order valence-corrected chi connectivity index (χ1v) is 6.15. The Bertz CT molecular complexity index is 448. The van der Waals surface area contributed by atoms with E-state index in [0.29, 0.717) is 0 Å². The normalized spacial score (nSPS) is 10.6. The molecule has 2 rings (SSSR count). The number of aromatic nitrogens is 2. The quantitative estimate of drug-likeness (QED) is 0.881. The molecule has 16 heavy (non-hydrogen) atoms. The summed E-state index contributed by atoms with van der Waals surface area (Å²) in [4.78, 5) is 8.73. The molecule has 2 heterocycles. The van der Waals surface area contributed by atoms with E-state index in [1.807, 2.05) is 20.0 Å². The third-order valence-corrected chi connectivity index (χ3v) is 3.19. The summed E-state index contributed by atoms with van der Waals surface area (Å²) in [6, 6.07) is 4.13. The van der Waals surface area contributed by atoms with Gasteiger partial charge in [-0.3, -0.25) is 4.98 Å². The fourth-order valence-electron chi connectivity index (χ4n) is 1.38. The lowest BCUT2D eigenvalue weighted by atomic mass is 10.3. The SMILES string of the molecule is Cc1ccc(CNCc2nc(C)cs2)nc1. The molecular formula is C12H15N3S. The Morgan fingerprint density at radius 1 is 1.25 bits per heavy atom. The molecule has 0 spiro atoms. The molecule has 0 aromatic carbocycles. The second-order valence-corrected chi connectivity index (χ2v) is 4.76. The molecule has 2 aromatic heterocycles. The van der Waals surface area contributed by atoms with E-state index in [-0.39, 0.29) is 0 Å². The molecule has 0 aliphatic rings. The van der Waals surface area contributed by atoms with Gasteiger partial charge in [0, 0.05) is 30.4 Å². The number of aryl methyl sites for hydroxylation is 2. The van der Waals surface area contributed by atoms with Crippen LogP contribution in [-0.2, 0) is 13.1 Å². The van der Waals surface area contributed by atoms with E-state index in [4.69, 9.17) is 0 Å². The molecule has 2 aromatic rings. The summed E-state index contributed by atoms with van der Waals surface area (Å²) < 4.78 is 0. The zero-order valence-electron chi connectivity index (χ0n) is 9.53. The predicted octanol–water partition coefficient (Wildman–Crippen LogP) is 2.44. The fraction of sp³-hybridized carbons (Fsp3) is 0.333. The van der Waals surface area contributed by atoms with Gasteiger partial charge in [-0.1, -0.05) is 6.07 Å². The standard InChI is InChI=1S/C12H15N3S/c1-9-3-4-11(14-5-9)6-13-7-12-15-10(2)8-16-12/h3-5,8,13H,6-7H2,1-2H3. The highest BCUT2D eigenvalue weighted by Gasteiger charge is 1.98. The maximum atomic E-state index is 4.39. The average molecular weight is 233 g/mol. The lowest BCUT2D eigenvalue weighted by molar-refractivity contribution is 0.675. The van der Waals surface area contributed by atoms with Crippen molar-refractivity contribution >= 4 is 11.3 Å². The number of thiazole rings is 1. The van der Waals surface area contributed by atoms with Crippen molar-refractivity contribution < 1.29 is 0 Å². The van der Waals surface area contributed by atoms with E-state index in [1.54, 1.807) is 11.3 Å². The predicted molar refractivity (Wildman–Crippen MR) is 66.4 cm³/mol. The monoisotopic (exact) mass is 233 g/mol. The molecule has 0 amide bonds. The van der Waals surface area contributed by atoms with Crippen molar-refractivity contribution in [2.75, 3.05) is 0 Å². The maximum Gasteiger partial charge on any atom is 0.107 e. The first-order valence-electron chi connectivity index (χ1n) is 5.27. The van der Waals surface area contributed by atoms with Crippen LogP contribution in [0.1, 0.15) is 22.0 Å². The zero-order valence-corrected chi connectivity index (χ0v) is 10.3. The van der Waals surface area contributed by atoms with Gasteiger partial charge in [-0.15, -0.1) is 11.3 Å². The van der Waals surface area contributed by atoms with Crippen LogP contribution in [0.25, 0.3) is 0 Å². The van der Waals surface area contributed by atoms with Gasteiger partial charge in [0.15, 0.2) is 0 Å². The summed E-state index contributed by atoms with van der Waals surface area (Å²) >= 11 is 1.69. The summed E-state index contributed by atoms with van der Waals surface area (Å²) in [7, 11) is 0. The van der Waals surface area contributed by atoms with Crippen LogP contribution >= 0.6 is 11.3 Å². The van der Waals surface area contributed by atoms with Crippen LogP contribution in [0.2, 0.25) is 0 Å². The van der Waals surface area contributed by atoms with Gasteiger partial charge < -0.3 is 5.32 Å².